The number of carbonyl (C=O) groups is 3. The first-order valence-electron chi connectivity index (χ1n) is 17.2. The van der Waals surface area contributed by atoms with Crippen molar-refractivity contribution in [2.24, 2.45) is 0 Å². The number of aromatic amines is 1. The van der Waals surface area contributed by atoms with Crippen molar-refractivity contribution < 1.29 is 19.5 Å². The van der Waals surface area contributed by atoms with Crippen LogP contribution in [0.25, 0.3) is 10.9 Å². The third-order valence-corrected chi connectivity index (χ3v) is 10.6. The number of hydrogen-bond donors (Lipinski definition) is 4. The van der Waals surface area contributed by atoms with Crippen LogP contribution >= 0.6 is 0 Å². The molecule has 1 aromatic heterocycles. The first kappa shape index (κ1) is 31.3. The van der Waals surface area contributed by atoms with Gasteiger partial charge in [-0.2, -0.15) is 5.10 Å². The molecule has 47 heavy (non-hydrogen) atoms. The molecule has 4 N–H and O–H groups in total. The van der Waals surface area contributed by atoms with Crippen LogP contribution in [0.1, 0.15) is 61.6 Å². The number of phenols is 1. The van der Waals surface area contributed by atoms with Gasteiger partial charge in [-0.1, -0.05) is 12.5 Å². The number of anilines is 1. The molecule has 3 aromatic rings. The van der Waals surface area contributed by atoms with E-state index in [1.807, 2.05) is 17.9 Å². The third kappa shape index (κ3) is 6.74. The van der Waals surface area contributed by atoms with Crippen molar-refractivity contribution in [1.82, 2.24) is 35.1 Å². The number of urea groups is 2. The molecule has 0 radical (unpaired) electrons. The molecule has 1 unspecified atom stereocenters. The number of likely N-dealkylation sites (tertiary alicyclic amines) is 3. The van der Waals surface area contributed by atoms with Gasteiger partial charge in [-0.05, 0) is 99.5 Å². The van der Waals surface area contributed by atoms with E-state index in [0.29, 0.717) is 58.0 Å². The van der Waals surface area contributed by atoms with Gasteiger partial charge >= 0.3 is 12.1 Å². The summed E-state index contributed by atoms with van der Waals surface area (Å²) in [5, 5.41) is 24.2. The number of rotatable bonds is 6. The molecule has 250 valence electrons. The van der Waals surface area contributed by atoms with Crippen LogP contribution in [0.5, 0.6) is 5.75 Å². The lowest BCUT2D eigenvalue weighted by atomic mass is 9.97. The Hall–Kier alpha value is -4.32. The minimum absolute atomic E-state index is 0.0258. The second-order valence-electron chi connectivity index (χ2n) is 13.7. The van der Waals surface area contributed by atoms with Crippen molar-refractivity contribution in [2.45, 2.75) is 83.0 Å². The average molecular weight is 643 g/mol. The molecule has 3 saturated heterocycles. The number of nitrogens with one attached hydrogen (secondary N) is 3. The normalized spacial score (nSPS) is 20.6. The van der Waals surface area contributed by atoms with Crippen molar-refractivity contribution in [1.29, 1.82) is 0 Å². The van der Waals surface area contributed by atoms with Crippen LogP contribution in [0.15, 0.2) is 36.5 Å². The highest BCUT2D eigenvalue weighted by atomic mass is 16.3. The molecule has 4 aliphatic heterocycles. The SMILES string of the molecule is Cc1cc(CC(NC(=O)N2CCC(N3Cc4cc(O)ccc4NC3=O)CC2)C(=O)N2CCC(N3CCCCC3)CC2)cc2cn[nH]c12. The number of aryl methyl sites for hydroxylation is 1. The van der Waals surface area contributed by atoms with E-state index in [0.717, 1.165) is 59.2 Å². The monoisotopic (exact) mass is 642 g/mol. The van der Waals surface area contributed by atoms with Crippen molar-refractivity contribution in [2.75, 3.05) is 44.6 Å². The number of aromatic hydroxyl groups is 1. The molecule has 5 amide bonds. The summed E-state index contributed by atoms with van der Waals surface area (Å²) in [5.74, 6) is 0.142. The van der Waals surface area contributed by atoms with Crippen LogP contribution < -0.4 is 10.6 Å². The summed E-state index contributed by atoms with van der Waals surface area (Å²) in [4.78, 5) is 48.9. The highest BCUT2D eigenvalue weighted by molar-refractivity contribution is 5.93. The van der Waals surface area contributed by atoms with Crippen molar-refractivity contribution in [3.63, 3.8) is 0 Å². The number of piperidine rings is 3. The average Bonchev–Trinajstić information content (AvgIpc) is 3.58. The Bertz CT molecular complexity index is 1620. The Kier molecular flexibility index (Phi) is 8.94. The number of amides is 5. The predicted molar refractivity (Wildman–Crippen MR) is 179 cm³/mol. The third-order valence-electron chi connectivity index (χ3n) is 10.6. The molecule has 0 saturated carbocycles. The number of H-pyrrole nitrogens is 1. The number of aromatic nitrogens is 2. The van der Waals surface area contributed by atoms with Crippen LogP contribution in [-0.4, -0.2) is 110 Å². The minimum atomic E-state index is -0.687. The number of nitrogens with zero attached hydrogens (tertiary/aromatic N) is 5. The highest BCUT2D eigenvalue weighted by Gasteiger charge is 2.36. The summed E-state index contributed by atoms with van der Waals surface area (Å²) < 4.78 is 0. The molecule has 5 heterocycles. The Balaban J connectivity index is 1.01. The summed E-state index contributed by atoms with van der Waals surface area (Å²) in [5.41, 5.74) is 4.60. The Labute approximate surface area is 275 Å². The molecule has 4 aliphatic rings. The van der Waals surface area contributed by atoms with Gasteiger partial charge in [0.15, 0.2) is 0 Å². The van der Waals surface area contributed by atoms with Gasteiger partial charge in [-0.3, -0.25) is 9.89 Å². The van der Waals surface area contributed by atoms with Crippen LogP contribution in [0, 0.1) is 6.92 Å². The fourth-order valence-electron chi connectivity index (χ4n) is 8.01. The number of carbonyl (C=O) groups excluding carboxylic acids is 3. The molecule has 2 aromatic carbocycles. The van der Waals surface area contributed by atoms with Gasteiger partial charge in [0.25, 0.3) is 0 Å². The highest BCUT2D eigenvalue weighted by Crippen LogP contribution is 2.30. The summed E-state index contributed by atoms with van der Waals surface area (Å²) in [6.07, 6.45) is 9.22. The van der Waals surface area contributed by atoms with Crippen molar-refractivity contribution >= 4 is 34.6 Å². The zero-order valence-electron chi connectivity index (χ0n) is 27.2. The number of fused-ring (bicyclic) bond motifs is 2. The lowest BCUT2D eigenvalue weighted by molar-refractivity contribution is -0.134. The lowest BCUT2D eigenvalue weighted by Crippen LogP contribution is -2.57. The first-order chi connectivity index (χ1) is 22.8. The van der Waals surface area contributed by atoms with E-state index in [-0.39, 0.29) is 29.8 Å². The van der Waals surface area contributed by atoms with Crippen LogP contribution in [0.2, 0.25) is 0 Å². The van der Waals surface area contributed by atoms with Gasteiger partial charge in [0, 0.05) is 62.3 Å². The van der Waals surface area contributed by atoms with E-state index in [2.05, 4.69) is 31.8 Å². The standard InChI is InChI=1S/C35H46N8O4/c1-23-17-24(18-25-21-36-39-32(23)25)19-31(33(45)41-13-7-27(8-14-41)40-11-3-2-4-12-40)38-34(46)42-15-9-28(10-16-42)43-22-26-20-29(44)5-6-30(26)37-35(43)47/h5-6,17-18,20-21,27-28,31,44H,2-4,7-16,19,22H2,1H3,(H,36,39)(H,37,47)(H,38,46). The minimum Gasteiger partial charge on any atom is -0.508 e. The summed E-state index contributed by atoms with van der Waals surface area (Å²) in [6, 6.07) is 8.50. The zero-order chi connectivity index (χ0) is 32.5. The van der Waals surface area contributed by atoms with Gasteiger partial charge in [0.05, 0.1) is 11.7 Å². The zero-order valence-corrected chi connectivity index (χ0v) is 27.2. The Morgan fingerprint density at radius 2 is 1.68 bits per heavy atom. The van der Waals surface area contributed by atoms with Crippen LogP contribution in [0.4, 0.5) is 15.3 Å². The molecule has 7 rings (SSSR count). The van der Waals surface area contributed by atoms with Crippen molar-refractivity contribution in [3.8, 4) is 5.75 Å². The van der Waals surface area contributed by atoms with E-state index in [9.17, 15) is 19.5 Å². The Morgan fingerprint density at radius 1 is 0.957 bits per heavy atom. The molecular formula is C35H46N8O4. The van der Waals surface area contributed by atoms with E-state index in [4.69, 9.17) is 0 Å². The topological polar surface area (TPSA) is 137 Å². The fraction of sp³-hybridized carbons (Fsp3) is 0.543. The summed E-state index contributed by atoms with van der Waals surface area (Å²) in [7, 11) is 0. The van der Waals surface area contributed by atoms with Gasteiger partial charge in [0.1, 0.15) is 11.8 Å². The van der Waals surface area contributed by atoms with Gasteiger partial charge in [0.2, 0.25) is 5.91 Å². The first-order valence-corrected chi connectivity index (χ1v) is 17.2. The summed E-state index contributed by atoms with van der Waals surface area (Å²) >= 11 is 0. The molecule has 12 heteroatoms. The second-order valence-corrected chi connectivity index (χ2v) is 13.7. The molecular weight excluding hydrogens is 596 g/mol. The van der Waals surface area contributed by atoms with E-state index < -0.39 is 6.04 Å². The predicted octanol–water partition coefficient (Wildman–Crippen LogP) is 4.19. The molecule has 3 fully saturated rings. The molecule has 0 bridgehead atoms. The quantitative estimate of drug-likeness (QED) is 0.298. The van der Waals surface area contributed by atoms with E-state index in [1.54, 1.807) is 34.2 Å². The number of benzene rings is 2. The Morgan fingerprint density at radius 3 is 2.45 bits per heavy atom. The maximum atomic E-state index is 14.1. The van der Waals surface area contributed by atoms with Gasteiger partial charge in [-0.15, -0.1) is 0 Å². The van der Waals surface area contributed by atoms with Crippen LogP contribution in [-0.2, 0) is 17.8 Å². The molecule has 0 spiro atoms. The largest absolute Gasteiger partial charge is 0.508 e. The maximum absolute atomic E-state index is 14.1. The maximum Gasteiger partial charge on any atom is 0.322 e. The van der Waals surface area contributed by atoms with E-state index >= 15 is 0 Å². The van der Waals surface area contributed by atoms with Gasteiger partial charge < -0.3 is 35.3 Å². The second kappa shape index (κ2) is 13.4. The molecule has 1 atom stereocenters. The number of hydrogen-bond acceptors (Lipinski definition) is 6. The fourth-order valence-corrected chi connectivity index (χ4v) is 8.01. The lowest BCUT2D eigenvalue weighted by Gasteiger charge is -2.42. The number of phenolic OH excluding ortho intramolecular Hbond substituents is 1. The van der Waals surface area contributed by atoms with E-state index in [1.165, 1.54) is 19.3 Å². The summed E-state index contributed by atoms with van der Waals surface area (Å²) in [6.45, 7) is 7.13. The van der Waals surface area contributed by atoms with Crippen LogP contribution in [0.3, 0.4) is 0 Å². The molecule has 0 aliphatic carbocycles. The van der Waals surface area contributed by atoms with Gasteiger partial charge in [-0.25, -0.2) is 9.59 Å². The molecule has 12 nitrogen and oxygen atoms in total. The smallest absolute Gasteiger partial charge is 0.322 e. The van der Waals surface area contributed by atoms with Crippen molar-refractivity contribution in [3.05, 3.63) is 53.2 Å².